The standard InChI is InChI=1S/C14H17FN2O2/c1-10(2)9-19-14(18)17-13-6-5-12(15)8-11(13)4-3-7-16/h5-6,8,10H,7,9,16H2,1-2H3,(H,17,18). The lowest BCUT2D eigenvalue weighted by atomic mass is 10.1. The maximum absolute atomic E-state index is 13.1. The molecule has 0 aromatic heterocycles. The molecule has 0 radical (unpaired) electrons. The lowest BCUT2D eigenvalue weighted by Crippen LogP contribution is -2.17. The van der Waals surface area contributed by atoms with Crippen LogP contribution in [0.25, 0.3) is 0 Å². The maximum Gasteiger partial charge on any atom is 0.411 e. The van der Waals surface area contributed by atoms with Gasteiger partial charge < -0.3 is 10.5 Å². The number of halogens is 1. The number of benzene rings is 1. The molecule has 0 aliphatic rings. The van der Waals surface area contributed by atoms with Crippen LogP contribution in [0.5, 0.6) is 0 Å². The Kier molecular flexibility index (Phi) is 5.83. The Morgan fingerprint density at radius 2 is 2.26 bits per heavy atom. The zero-order valence-electron chi connectivity index (χ0n) is 11.0. The summed E-state index contributed by atoms with van der Waals surface area (Å²) in [5.74, 6) is 5.13. The van der Waals surface area contributed by atoms with Crippen LogP contribution in [-0.4, -0.2) is 19.2 Å². The zero-order valence-corrected chi connectivity index (χ0v) is 11.0. The van der Waals surface area contributed by atoms with Gasteiger partial charge in [0.15, 0.2) is 0 Å². The Hall–Kier alpha value is -2.06. The van der Waals surface area contributed by atoms with Crippen molar-refractivity contribution in [3.8, 4) is 11.8 Å². The largest absolute Gasteiger partial charge is 0.449 e. The van der Waals surface area contributed by atoms with E-state index in [4.69, 9.17) is 10.5 Å². The van der Waals surface area contributed by atoms with Crippen LogP contribution in [0.15, 0.2) is 18.2 Å². The molecule has 0 heterocycles. The first kappa shape index (κ1) is 15.0. The van der Waals surface area contributed by atoms with Crippen LogP contribution in [-0.2, 0) is 4.74 Å². The second kappa shape index (κ2) is 7.39. The van der Waals surface area contributed by atoms with E-state index < -0.39 is 11.9 Å². The number of carbonyl (C=O) groups excluding carboxylic acids is 1. The summed E-state index contributed by atoms with van der Waals surface area (Å²) in [6, 6.07) is 3.92. The molecule has 1 aromatic rings. The molecule has 1 aromatic carbocycles. The van der Waals surface area contributed by atoms with Crippen molar-refractivity contribution < 1.29 is 13.9 Å². The number of hydrogen-bond acceptors (Lipinski definition) is 3. The third-order valence-electron chi connectivity index (χ3n) is 2.09. The summed E-state index contributed by atoms with van der Waals surface area (Å²) < 4.78 is 18.1. The summed E-state index contributed by atoms with van der Waals surface area (Å²) in [5, 5.41) is 2.53. The third kappa shape index (κ3) is 5.40. The maximum atomic E-state index is 13.1. The van der Waals surface area contributed by atoms with Crippen molar-refractivity contribution in [2.24, 2.45) is 11.7 Å². The van der Waals surface area contributed by atoms with Gasteiger partial charge in [0.05, 0.1) is 24.4 Å². The van der Waals surface area contributed by atoms with Crippen LogP contribution in [0.1, 0.15) is 19.4 Å². The van der Waals surface area contributed by atoms with Gasteiger partial charge in [-0.15, -0.1) is 0 Å². The molecule has 0 spiro atoms. The predicted molar refractivity (Wildman–Crippen MR) is 72.1 cm³/mol. The average Bonchev–Trinajstić information content (AvgIpc) is 2.36. The quantitative estimate of drug-likeness (QED) is 0.824. The lowest BCUT2D eigenvalue weighted by molar-refractivity contribution is 0.147. The Morgan fingerprint density at radius 1 is 1.53 bits per heavy atom. The fourth-order valence-electron chi connectivity index (χ4n) is 1.26. The topological polar surface area (TPSA) is 64.3 Å². The first-order valence-corrected chi connectivity index (χ1v) is 5.95. The smallest absolute Gasteiger partial charge is 0.411 e. The summed E-state index contributed by atoms with van der Waals surface area (Å²) >= 11 is 0. The number of amides is 1. The normalized spacial score (nSPS) is 9.74. The van der Waals surface area contributed by atoms with Crippen LogP contribution in [0.2, 0.25) is 0 Å². The Morgan fingerprint density at radius 3 is 2.89 bits per heavy atom. The van der Waals surface area contributed by atoms with Crippen LogP contribution in [0, 0.1) is 23.6 Å². The molecule has 5 heteroatoms. The molecular weight excluding hydrogens is 247 g/mol. The van der Waals surface area contributed by atoms with Crippen molar-refractivity contribution in [2.75, 3.05) is 18.5 Å². The summed E-state index contributed by atoms with van der Waals surface area (Å²) in [6.45, 7) is 4.34. The summed E-state index contributed by atoms with van der Waals surface area (Å²) in [7, 11) is 0. The summed E-state index contributed by atoms with van der Waals surface area (Å²) in [4.78, 5) is 11.5. The molecule has 0 saturated carbocycles. The van der Waals surface area contributed by atoms with Gasteiger partial charge in [0.2, 0.25) is 0 Å². The van der Waals surface area contributed by atoms with E-state index in [0.29, 0.717) is 17.9 Å². The molecular formula is C14H17FN2O2. The van der Waals surface area contributed by atoms with Gasteiger partial charge in [-0.2, -0.15) is 0 Å². The molecule has 1 rings (SSSR count). The van der Waals surface area contributed by atoms with E-state index >= 15 is 0 Å². The molecule has 0 saturated heterocycles. The third-order valence-corrected chi connectivity index (χ3v) is 2.09. The van der Waals surface area contributed by atoms with Crippen LogP contribution < -0.4 is 11.1 Å². The Bertz CT molecular complexity index is 504. The van der Waals surface area contributed by atoms with Gasteiger partial charge in [-0.25, -0.2) is 9.18 Å². The van der Waals surface area contributed by atoms with Gasteiger partial charge in [0, 0.05) is 0 Å². The second-order valence-electron chi connectivity index (χ2n) is 4.31. The fourth-order valence-corrected chi connectivity index (χ4v) is 1.26. The molecule has 0 bridgehead atoms. The zero-order chi connectivity index (χ0) is 14.3. The SMILES string of the molecule is CC(C)COC(=O)Nc1ccc(F)cc1C#CCN. The van der Waals surface area contributed by atoms with E-state index in [1.54, 1.807) is 0 Å². The molecule has 0 atom stereocenters. The highest BCUT2D eigenvalue weighted by molar-refractivity contribution is 5.86. The van der Waals surface area contributed by atoms with E-state index in [9.17, 15) is 9.18 Å². The summed E-state index contributed by atoms with van der Waals surface area (Å²) in [5.41, 5.74) is 6.03. The molecule has 0 unspecified atom stereocenters. The van der Waals surface area contributed by atoms with Crippen LogP contribution in [0.4, 0.5) is 14.9 Å². The molecule has 3 N–H and O–H groups in total. The number of rotatable bonds is 3. The predicted octanol–water partition coefficient (Wildman–Crippen LogP) is 2.34. The molecule has 0 aliphatic carbocycles. The molecule has 4 nitrogen and oxygen atoms in total. The van der Waals surface area contributed by atoms with Crippen molar-refractivity contribution in [1.29, 1.82) is 0 Å². The summed E-state index contributed by atoms with van der Waals surface area (Å²) in [6.07, 6.45) is -0.587. The number of nitrogens with one attached hydrogen (secondary N) is 1. The number of carbonyl (C=O) groups is 1. The van der Waals surface area contributed by atoms with E-state index in [0.717, 1.165) is 0 Å². The van der Waals surface area contributed by atoms with Crippen molar-refractivity contribution in [1.82, 2.24) is 0 Å². The van der Waals surface area contributed by atoms with E-state index in [1.165, 1.54) is 18.2 Å². The number of anilines is 1. The van der Waals surface area contributed by atoms with Crippen LogP contribution in [0.3, 0.4) is 0 Å². The van der Waals surface area contributed by atoms with Crippen LogP contribution >= 0.6 is 0 Å². The first-order valence-electron chi connectivity index (χ1n) is 5.95. The average molecular weight is 264 g/mol. The van der Waals surface area contributed by atoms with Crippen molar-refractivity contribution in [3.63, 3.8) is 0 Å². The fraction of sp³-hybridized carbons (Fsp3) is 0.357. The molecule has 19 heavy (non-hydrogen) atoms. The minimum atomic E-state index is -0.587. The minimum Gasteiger partial charge on any atom is -0.449 e. The van der Waals surface area contributed by atoms with Gasteiger partial charge in [-0.05, 0) is 24.1 Å². The van der Waals surface area contributed by atoms with Crippen molar-refractivity contribution >= 4 is 11.8 Å². The first-order chi connectivity index (χ1) is 9.02. The van der Waals surface area contributed by atoms with Crippen molar-refractivity contribution in [3.05, 3.63) is 29.6 Å². The lowest BCUT2D eigenvalue weighted by Gasteiger charge is -2.10. The molecule has 0 aliphatic heterocycles. The highest BCUT2D eigenvalue weighted by atomic mass is 19.1. The Labute approximate surface area is 112 Å². The van der Waals surface area contributed by atoms with Gasteiger partial charge in [0.25, 0.3) is 0 Å². The Balaban J connectivity index is 2.79. The number of nitrogens with two attached hydrogens (primary N) is 1. The minimum absolute atomic E-state index is 0.160. The highest BCUT2D eigenvalue weighted by Crippen LogP contribution is 2.16. The van der Waals surface area contributed by atoms with Gasteiger partial charge in [-0.3, -0.25) is 5.32 Å². The molecule has 102 valence electrons. The van der Waals surface area contributed by atoms with Crippen molar-refractivity contribution in [2.45, 2.75) is 13.8 Å². The number of ether oxygens (including phenoxy) is 1. The van der Waals surface area contributed by atoms with E-state index in [-0.39, 0.29) is 12.5 Å². The highest BCUT2D eigenvalue weighted by Gasteiger charge is 2.08. The molecule has 0 fully saturated rings. The van der Waals surface area contributed by atoms with Gasteiger partial charge in [-0.1, -0.05) is 25.7 Å². The van der Waals surface area contributed by atoms with Gasteiger partial charge >= 0.3 is 6.09 Å². The monoisotopic (exact) mass is 264 g/mol. The molecule has 1 amide bonds. The van der Waals surface area contributed by atoms with E-state index in [2.05, 4.69) is 17.2 Å². The van der Waals surface area contributed by atoms with Gasteiger partial charge in [0.1, 0.15) is 5.82 Å². The second-order valence-corrected chi connectivity index (χ2v) is 4.31. The van der Waals surface area contributed by atoms with E-state index in [1.807, 2.05) is 13.8 Å². The number of hydrogen-bond donors (Lipinski definition) is 2.